The molecule has 1 aromatic heterocycles. The van der Waals surface area contributed by atoms with Crippen molar-refractivity contribution < 1.29 is 0 Å². The highest BCUT2D eigenvalue weighted by atomic mass is 79.9. The predicted molar refractivity (Wildman–Crippen MR) is 71.5 cm³/mol. The molecule has 0 saturated heterocycles. The molecule has 0 saturated carbocycles. The molecule has 1 aromatic carbocycles. The molecule has 0 nitrogen and oxygen atoms in total. The van der Waals surface area contributed by atoms with Gasteiger partial charge in [0, 0.05) is 10.0 Å². The molecule has 2 aromatic rings. The summed E-state index contributed by atoms with van der Waals surface area (Å²) < 4.78 is 2.54. The lowest BCUT2D eigenvalue weighted by Crippen LogP contribution is -1.69. The van der Waals surface area contributed by atoms with E-state index in [-0.39, 0.29) is 0 Å². The largest absolute Gasteiger partial charge is 0.312 e. The number of thioether (sulfide) groups is 1. The van der Waals surface area contributed by atoms with Gasteiger partial charge in [0.05, 0.1) is 11.3 Å². The Morgan fingerprint density at radius 1 is 1.29 bits per heavy atom. The van der Waals surface area contributed by atoms with E-state index in [1.165, 1.54) is 14.0 Å². The average Bonchev–Trinajstić information content (AvgIpc) is 2.67. The molecule has 1 heterocycles. The third-order valence-corrected chi connectivity index (χ3v) is 6.13. The van der Waals surface area contributed by atoms with Crippen LogP contribution in [0.3, 0.4) is 0 Å². The summed E-state index contributed by atoms with van der Waals surface area (Å²) in [7, 11) is 0. The molecule has 0 spiro atoms. The molecule has 4 heteroatoms. The fourth-order valence-electron chi connectivity index (χ4n) is 1.07. The number of hydrogen-bond donors (Lipinski definition) is 0. The molecule has 0 amide bonds. The van der Waals surface area contributed by atoms with E-state index in [9.17, 15) is 0 Å². The zero-order valence-corrected chi connectivity index (χ0v) is 11.5. The van der Waals surface area contributed by atoms with Crippen molar-refractivity contribution in [1.29, 1.82) is 0 Å². The zero-order valence-electron chi connectivity index (χ0n) is 7.49. The summed E-state index contributed by atoms with van der Waals surface area (Å²) in [6.07, 6.45) is 2.12. The second kappa shape index (κ2) is 4.75. The van der Waals surface area contributed by atoms with Crippen molar-refractivity contribution in [2.45, 2.75) is 3.52 Å². The quantitative estimate of drug-likeness (QED) is 0.540. The molecule has 0 aliphatic rings. The Bertz CT molecular complexity index is 419. The molecule has 0 N–H and O–H groups in total. The molecular weight excluding hydrogens is 296 g/mol. The van der Waals surface area contributed by atoms with E-state index in [1.807, 2.05) is 34.4 Å². The monoisotopic (exact) mass is 303 g/mol. The van der Waals surface area contributed by atoms with Crippen molar-refractivity contribution in [2.75, 3.05) is 6.26 Å². The molecule has 72 valence electrons. The summed E-state index contributed by atoms with van der Waals surface area (Å²) >= 11 is 8.93. The second-order valence-corrected chi connectivity index (χ2v) is 7.10. The first-order valence-electron chi connectivity index (χ1n) is 4.01. The van der Waals surface area contributed by atoms with Gasteiger partial charge in [-0.1, -0.05) is 39.8 Å². The minimum Gasteiger partial charge on any atom is -0.0591 e. The molecule has 2 rings (SSSR count). The zero-order chi connectivity index (χ0) is 9.97. The van der Waals surface area contributed by atoms with Gasteiger partial charge in [0.2, 0.25) is 0 Å². The average molecular weight is 304 g/mol. The summed E-state index contributed by atoms with van der Waals surface area (Å²) in [5, 5.41) is 2.22. The van der Waals surface area contributed by atoms with E-state index in [0.29, 0.717) is 0 Å². The van der Waals surface area contributed by atoms with Gasteiger partial charge in [-0.3, -0.25) is 0 Å². The summed E-state index contributed by atoms with van der Waals surface area (Å²) in [4.78, 5) is 1.35. The van der Waals surface area contributed by atoms with Gasteiger partial charge in [0.25, 0.3) is 0 Å². The smallest absolute Gasteiger partial charge is 0.0591 e. The predicted octanol–water partition coefficient (Wildman–Crippen LogP) is 5.24. The Kier molecular flexibility index (Phi) is 3.60. The van der Waals surface area contributed by atoms with Gasteiger partial charge in [-0.05, 0) is 18.4 Å². The number of hydrogen-bond acceptors (Lipinski definition) is 2. The highest BCUT2D eigenvalue weighted by Gasteiger charge is 2.13. The normalized spacial score (nSPS) is 10.4. The molecule has 0 fully saturated rings. The Morgan fingerprint density at radius 2 is 2.00 bits per heavy atom. The molecule has 0 unspecified atom stereocenters. The topological polar surface area (TPSA) is 0 Å². The van der Waals surface area contributed by atoms with E-state index in [2.05, 4.69) is 51.8 Å². The van der Waals surface area contributed by atoms with Gasteiger partial charge in [-0.15, -0.1) is 0 Å². The van der Waals surface area contributed by atoms with Crippen LogP contribution in [0.5, 0.6) is 0 Å². The van der Waals surface area contributed by atoms with Gasteiger partial charge in [-0.2, -0.15) is 0 Å². The number of halogens is 1. The van der Waals surface area contributed by atoms with Crippen LogP contribution < -0.4 is 0 Å². The minimum absolute atomic E-state index is 1.13. The standard InChI is InChI=1S/C10H8BrS3/c1-12-10-13-6-9(14-10)7-2-4-8(11)5-3-7/h2-6H,1H3/q+1. The van der Waals surface area contributed by atoms with Crippen LogP contribution in [0, 0.1) is 0 Å². The van der Waals surface area contributed by atoms with Crippen LogP contribution in [0.4, 0.5) is 0 Å². The van der Waals surface area contributed by atoms with E-state index >= 15 is 0 Å². The minimum atomic E-state index is 1.13. The van der Waals surface area contributed by atoms with Crippen LogP contribution in [0.15, 0.2) is 37.6 Å². The Balaban J connectivity index is 2.34. The van der Waals surface area contributed by atoms with E-state index < -0.39 is 0 Å². The van der Waals surface area contributed by atoms with E-state index in [4.69, 9.17) is 0 Å². The van der Waals surface area contributed by atoms with Gasteiger partial charge >= 0.3 is 3.52 Å². The van der Waals surface area contributed by atoms with Crippen LogP contribution >= 0.6 is 50.4 Å². The lowest BCUT2D eigenvalue weighted by atomic mass is 10.2. The molecule has 0 bridgehead atoms. The van der Waals surface area contributed by atoms with Crippen LogP contribution in [0.25, 0.3) is 10.4 Å². The van der Waals surface area contributed by atoms with Crippen molar-refractivity contribution in [3.63, 3.8) is 0 Å². The van der Waals surface area contributed by atoms with Crippen LogP contribution in [0.1, 0.15) is 0 Å². The fraction of sp³-hybridized carbons (Fsp3) is 0.100. The maximum Gasteiger partial charge on any atom is 0.312 e. The third-order valence-electron chi connectivity index (χ3n) is 1.75. The SMILES string of the molecule is CSc1sc(-c2ccc(Br)cc2)c[s+]1. The summed E-state index contributed by atoms with van der Waals surface area (Å²) in [5.41, 5.74) is 1.30. The van der Waals surface area contributed by atoms with Gasteiger partial charge < -0.3 is 0 Å². The third kappa shape index (κ3) is 2.37. The fourth-order valence-corrected chi connectivity index (χ4v) is 4.18. The maximum absolute atomic E-state index is 3.44. The van der Waals surface area contributed by atoms with Gasteiger partial charge in [0.15, 0.2) is 4.88 Å². The van der Waals surface area contributed by atoms with Crippen molar-refractivity contribution in [1.82, 2.24) is 0 Å². The molecule has 0 atom stereocenters. The summed E-state index contributed by atoms with van der Waals surface area (Å²) in [6.45, 7) is 0. The molecule has 14 heavy (non-hydrogen) atoms. The van der Waals surface area contributed by atoms with Crippen molar-refractivity contribution in [2.24, 2.45) is 0 Å². The lowest BCUT2D eigenvalue weighted by molar-refractivity contribution is 1.65. The number of benzene rings is 1. The van der Waals surface area contributed by atoms with Gasteiger partial charge in [0.1, 0.15) is 16.7 Å². The van der Waals surface area contributed by atoms with Crippen molar-refractivity contribution in [3.8, 4) is 10.4 Å². The highest BCUT2D eigenvalue weighted by Crippen LogP contribution is 2.36. The Hall–Kier alpha value is 0.1000. The van der Waals surface area contributed by atoms with Crippen molar-refractivity contribution >= 4 is 50.4 Å². The number of rotatable bonds is 2. The Labute approximate surface area is 104 Å². The first kappa shape index (κ1) is 10.6. The van der Waals surface area contributed by atoms with Crippen LogP contribution in [0.2, 0.25) is 0 Å². The Morgan fingerprint density at radius 3 is 2.57 bits per heavy atom. The first-order valence-corrected chi connectivity index (χ1v) is 7.72. The maximum atomic E-state index is 3.44. The van der Waals surface area contributed by atoms with Gasteiger partial charge in [-0.25, -0.2) is 0 Å². The van der Waals surface area contributed by atoms with Crippen molar-refractivity contribution in [3.05, 3.63) is 34.1 Å². The molecule has 0 radical (unpaired) electrons. The molecular formula is C10H8BrS3+. The highest BCUT2D eigenvalue weighted by molar-refractivity contribution is 9.10. The molecule has 0 aliphatic carbocycles. The summed E-state index contributed by atoms with van der Waals surface area (Å²) in [5.74, 6) is 0. The lowest BCUT2D eigenvalue weighted by Gasteiger charge is -1.91. The first-order chi connectivity index (χ1) is 6.79. The van der Waals surface area contributed by atoms with E-state index in [0.717, 1.165) is 4.47 Å². The summed E-state index contributed by atoms with van der Waals surface area (Å²) in [6, 6.07) is 8.45. The molecule has 0 aliphatic heterocycles. The second-order valence-electron chi connectivity index (χ2n) is 2.66. The van der Waals surface area contributed by atoms with Crippen LogP contribution in [-0.2, 0) is 0 Å². The van der Waals surface area contributed by atoms with E-state index in [1.54, 1.807) is 0 Å². The van der Waals surface area contributed by atoms with Crippen LogP contribution in [-0.4, -0.2) is 6.26 Å².